The van der Waals surface area contributed by atoms with Crippen LogP contribution in [0.1, 0.15) is 30.4 Å². The van der Waals surface area contributed by atoms with Gasteiger partial charge in [0.25, 0.3) is 0 Å². The zero-order chi connectivity index (χ0) is 24.7. The molecule has 1 unspecified atom stereocenters. The predicted molar refractivity (Wildman–Crippen MR) is 126 cm³/mol. The zero-order valence-corrected chi connectivity index (χ0v) is 19.5. The van der Waals surface area contributed by atoms with Crippen LogP contribution in [0.15, 0.2) is 34.9 Å². The number of nitriles is 1. The van der Waals surface area contributed by atoms with Gasteiger partial charge in [0.2, 0.25) is 11.8 Å². The summed E-state index contributed by atoms with van der Waals surface area (Å²) < 4.78 is 19.5. The Kier molecular flexibility index (Phi) is 8.26. The van der Waals surface area contributed by atoms with E-state index in [-0.39, 0.29) is 34.8 Å². The Morgan fingerprint density at radius 2 is 2.09 bits per heavy atom. The van der Waals surface area contributed by atoms with Gasteiger partial charge in [0.1, 0.15) is 29.0 Å². The average Bonchev–Trinajstić information content (AvgIpc) is 3.37. The number of aromatic nitrogens is 3. The molecule has 10 nitrogen and oxygen atoms in total. The van der Waals surface area contributed by atoms with E-state index in [9.17, 15) is 19.2 Å². The van der Waals surface area contributed by atoms with Crippen LogP contribution in [0.4, 0.5) is 16.0 Å². The third-order valence-electron chi connectivity index (χ3n) is 4.80. The van der Waals surface area contributed by atoms with E-state index >= 15 is 0 Å². The zero-order valence-electron chi connectivity index (χ0n) is 18.7. The van der Waals surface area contributed by atoms with Crippen LogP contribution in [0.3, 0.4) is 0 Å². The number of nitrogens with zero attached hydrogens (tertiary/aromatic N) is 4. The molecule has 0 aliphatic rings. The average molecular weight is 486 g/mol. The lowest BCUT2D eigenvalue weighted by molar-refractivity contribution is -0.118. The maximum absolute atomic E-state index is 13.2. The number of rotatable bonds is 10. The molecule has 3 rings (SSSR count). The van der Waals surface area contributed by atoms with Crippen molar-refractivity contribution in [2.75, 3.05) is 23.3 Å². The lowest BCUT2D eigenvalue weighted by atomic mass is 10.1. The number of amides is 2. The summed E-state index contributed by atoms with van der Waals surface area (Å²) in [6.07, 6.45) is 0.956. The lowest BCUT2D eigenvalue weighted by Crippen LogP contribution is -2.29. The van der Waals surface area contributed by atoms with E-state index in [1.165, 1.54) is 40.7 Å². The van der Waals surface area contributed by atoms with Gasteiger partial charge in [-0.15, -0.1) is 11.8 Å². The summed E-state index contributed by atoms with van der Waals surface area (Å²) in [6.45, 7) is 3.79. The molecule has 1 atom stereocenters. The molecule has 12 heteroatoms. The molecule has 0 aliphatic carbocycles. The fourth-order valence-electron chi connectivity index (χ4n) is 3.02. The summed E-state index contributed by atoms with van der Waals surface area (Å²) in [7, 11) is 0. The second-order valence-corrected chi connectivity index (χ2v) is 8.75. The van der Waals surface area contributed by atoms with Crippen LogP contribution >= 0.6 is 11.8 Å². The Labute approximate surface area is 199 Å². The van der Waals surface area contributed by atoms with Gasteiger partial charge >= 0.3 is 0 Å². The summed E-state index contributed by atoms with van der Waals surface area (Å²) in [5, 5.41) is 22.5. The summed E-state index contributed by atoms with van der Waals surface area (Å²) in [4.78, 5) is 24.3. The number of hydrogen-bond acceptors (Lipinski definition) is 8. The highest BCUT2D eigenvalue weighted by atomic mass is 32.2. The molecule has 3 aromatic rings. The number of thioether (sulfide) groups is 1. The fraction of sp³-hybridized carbons (Fsp3) is 0.318. The molecule has 4 N–H and O–H groups in total. The van der Waals surface area contributed by atoms with Crippen LogP contribution in [0.2, 0.25) is 0 Å². The third-order valence-corrected chi connectivity index (χ3v) is 5.94. The molecular weight excluding hydrogens is 461 g/mol. The van der Waals surface area contributed by atoms with Crippen molar-refractivity contribution < 1.29 is 18.5 Å². The van der Waals surface area contributed by atoms with Crippen molar-refractivity contribution in [1.29, 1.82) is 5.26 Å². The summed E-state index contributed by atoms with van der Waals surface area (Å²) in [6, 6.07) is 9.28. The minimum atomic E-state index is -0.459. The summed E-state index contributed by atoms with van der Waals surface area (Å²) in [5.41, 5.74) is 7.35. The lowest BCUT2D eigenvalue weighted by Gasteiger charge is -2.10. The van der Waals surface area contributed by atoms with E-state index in [0.29, 0.717) is 42.3 Å². The molecule has 178 valence electrons. The molecule has 0 saturated carbocycles. The van der Waals surface area contributed by atoms with Gasteiger partial charge in [0, 0.05) is 12.6 Å². The highest BCUT2D eigenvalue weighted by Crippen LogP contribution is 2.22. The van der Waals surface area contributed by atoms with Gasteiger partial charge in [0.15, 0.2) is 5.82 Å². The van der Waals surface area contributed by atoms with Gasteiger partial charge in [-0.3, -0.25) is 9.59 Å². The number of aryl methyl sites for hydroxylation is 2. The minimum absolute atomic E-state index is 0.113. The molecule has 34 heavy (non-hydrogen) atoms. The van der Waals surface area contributed by atoms with Crippen molar-refractivity contribution in [3.8, 4) is 11.8 Å². The highest BCUT2D eigenvalue weighted by molar-refractivity contribution is 8.01. The van der Waals surface area contributed by atoms with Crippen molar-refractivity contribution >= 4 is 35.2 Å². The molecule has 2 heterocycles. The van der Waals surface area contributed by atoms with Crippen LogP contribution < -0.4 is 16.4 Å². The van der Waals surface area contributed by atoms with E-state index in [4.69, 9.17) is 10.3 Å². The topological polar surface area (TPSA) is 152 Å². The number of nitrogens with two attached hydrogens (primary N) is 1. The maximum atomic E-state index is 13.2. The van der Waals surface area contributed by atoms with Crippen molar-refractivity contribution in [3.05, 3.63) is 53.2 Å². The second kappa shape index (κ2) is 11.3. The SMILES string of the molecule is Cc1cc(NC(=O)C(C)SCC(=O)NCCCc2nn(-c3ccc(F)cc3)c(N)c2C#N)no1. The van der Waals surface area contributed by atoms with Crippen LogP contribution in [-0.2, 0) is 16.0 Å². The smallest absolute Gasteiger partial charge is 0.238 e. The number of nitrogens with one attached hydrogen (secondary N) is 2. The van der Waals surface area contributed by atoms with Gasteiger partial charge in [-0.05, 0) is 51.0 Å². The Bertz CT molecular complexity index is 1200. The minimum Gasteiger partial charge on any atom is -0.382 e. The molecule has 0 saturated heterocycles. The molecular formula is C22H24FN7O3S. The van der Waals surface area contributed by atoms with Crippen molar-refractivity contribution in [1.82, 2.24) is 20.3 Å². The molecule has 0 bridgehead atoms. The van der Waals surface area contributed by atoms with Crippen molar-refractivity contribution in [2.24, 2.45) is 0 Å². The number of benzene rings is 1. The summed E-state index contributed by atoms with van der Waals surface area (Å²) >= 11 is 1.20. The first-order valence-corrected chi connectivity index (χ1v) is 11.5. The van der Waals surface area contributed by atoms with Gasteiger partial charge in [-0.1, -0.05) is 5.16 Å². The highest BCUT2D eigenvalue weighted by Gasteiger charge is 2.18. The monoisotopic (exact) mass is 485 g/mol. The fourth-order valence-corrected chi connectivity index (χ4v) is 3.73. The number of nitrogen functional groups attached to an aromatic ring is 1. The first-order chi connectivity index (χ1) is 16.3. The molecule has 0 spiro atoms. The van der Waals surface area contributed by atoms with E-state index in [1.54, 1.807) is 19.9 Å². The van der Waals surface area contributed by atoms with E-state index in [1.807, 2.05) is 0 Å². The van der Waals surface area contributed by atoms with E-state index < -0.39 is 5.25 Å². The van der Waals surface area contributed by atoms with Crippen LogP contribution in [-0.4, -0.2) is 44.3 Å². The third kappa shape index (κ3) is 6.35. The second-order valence-electron chi connectivity index (χ2n) is 7.43. The molecule has 2 amide bonds. The number of carbonyl (C=O) groups excluding carboxylic acids is 2. The predicted octanol–water partition coefficient (Wildman–Crippen LogP) is 2.57. The first-order valence-electron chi connectivity index (χ1n) is 10.4. The largest absolute Gasteiger partial charge is 0.382 e. The Balaban J connectivity index is 1.43. The van der Waals surface area contributed by atoms with E-state index in [0.717, 1.165) is 0 Å². The molecule has 0 radical (unpaired) electrons. The van der Waals surface area contributed by atoms with Crippen LogP contribution in [0, 0.1) is 24.1 Å². The molecule has 0 aliphatic heterocycles. The van der Waals surface area contributed by atoms with Crippen LogP contribution in [0.25, 0.3) is 5.69 Å². The molecule has 0 fully saturated rings. The Morgan fingerprint density at radius 3 is 2.74 bits per heavy atom. The quantitative estimate of drug-likeness (QED) is 0.371. The van der Waals surface area contributed by atoms with Gasteiger partial charge < -0.3 is 20.9 Å². The normalized spacial score (nSPS) is 11.6. The number of hydrogen-bond donors (Lipinski definition) is 3. The number of halogens is 1. The number of anilines is 2. The molecule has 1 aromatic carbocycles. The molecule has 2 aromatic heterocycles. The van der Waals surface area contributed by atoms with E-state index in [2.05, 4.69) is 27.0 Å². The Hall–Kier alpha value is -3.85. The van der Waals surface area contributed by atoms with Crippen LogP contribution in [0.5, 0.6) is 0 Å². The van der Waals surface area contributed by atoms with Gasteiger partial charge in [0.05, 0.1) is 22.4 Å². The van der Waals surface area contributed by atoms with Gasteiger partial charge in [-0.25, -0.2) is 9.07 Å². The standard InChI is InChI=1S/C22H24FN7O3S/c1-13-10-19(29-33-13)27-22(32)14(2)34-12-20(31)26-9-3-4-18-17(11-24)21(25)30(28-18)16-7-5-15(23)6-8-16/h5-8,10,14H,3-4,9,12,25H2,1-2H3,(H,26,31)(H,27,29,32). The number of carbonyl (C=O) groups is 2. The summed E-state index contributed by atoms with van der Waals surface area (Å²) in [5.74, 6) is 0.340. The first kappa shape index (κ1) is 24.8. The maximum Gasteiger partial charge on any atom is 0.238 e. The van der Waals surface area contributed by atoms with Crippen molar-refractivity contribution in [2.45, 2.75) is 31.9 Å². The Morgan fingerprint density at radius 1 is 1.35 bits per heavy atom. The van der Waals surface area contributed by atoms with Crippen molar-refractivity contribution in [3.63, 3.8) is 0 Å². The van der Waals surface area contributed by atoms with Gasteiger partial charge in [-0.2, -0.15) is 10.4 Å².